The summed E-state index contributed by atoms with van der Waals surface area (Å²) in [5, 5.41) is 6.45. The molecule has 5 heteroatoms. The Morgan fingerprint density at radius 2 is 1.70 bits per heavy atom. The molecular formula is C22H29N3O2. The minimum atomic E-state index is -0.0529. The molecular weight excluding hydrogens is 338 g/mol. The molecule has 4 bridgehead atoms. The lowest BCUT2D eigenvalue weighted by molar-refractivity contribution is -0.124. The van der Waals surface area contributed by atoms with E-state index in [9.17, 15) is 9.59 Å². The Balaban J connectivity index is 1.25. The molecule has 1 aromatic carbocycles. The van der Waals surface area contributed by atoms with Crippen LogP contribution < -0.4 is 10.6 Å². The van der Waals surface area contributed by atoms with E-state index in [1.54, 1.807) is 4.90 Å². The lowest BCUT2D eigenvalue weighted by atomic mass is 9.53. The predicted octanol–water partition coefficient (Wildman–Crippen LogP) is 2.71. The van der Waals surface area contributed by atoms with Crippen LogP contribution in [0.2, 0.25) is 0 Å². The first-order valence-electron chi connectivity index (χ1n) is 10.5. The third-order valence-corrected chi connectivity index (χ3v) is 7.16. The maximum Gasteiger partial charge on any atom is 0.318 e. The summed E-state index contributed by atoms with van der Waals surface area (Å²) >= 11 is 0. The number of hydrogen-bond acceptors (Lipinski definition) is 2. The van der Waals surface area contributed by atoms with Crippen molar-refractivity contribution >= 4 is 11.9 Å². The van der Waals surface area contributed by atoms with Gasteiger partial charge in [-0.3, -0.25) is 4.79 Å². The Morgan fingerprint density at radius 3 is 2.33 bits per heavy atom. The fourth-order valence-electron chi connectivity index (χ4n) is 6.56. The summed E-state index contributed by atoms with van der Waals surface area (Å²) in [5.41, 5.74) is 1.18. The first-order valence-corrected chi connectivity index (χ1v) is 10.5. The van der Waals surface area contributed by atoms with Crippen molar-refractivity contribution in [2.75, 3.05) is 13.1 Å². The predicted molar refractivity (Wildman–Crippen MR) is 103 cm³/mol. The van der Waals surface area contributed by atoms with Crippen LogP contribution in [0, 0.1) is 17.8 Å². The van der Waals surface area contributed by atoms with Gasteiger partial charge in [0.2, 0.25) is 5.91 Å². The van der Waals surface area contributed by atoms with E-state index in [4.69, 9.17) is 0 Å². The summed E-state index contributed by atoms with van der Waals surface area (Å²) in [4.78, 5) is 27.0. The monoisotopic (exact) mass is 367 g/mol. The van der Waals surface area contributed by atoms with Gasteiger partial charge in [-0.25, -0.2) is 4.79 Å². The number of nitrogens with zero attached hydrogens (tertiary/aromatic N) is 1. The highest BCUT2D eigenvalue weighted by Gasteiger charge is 2.52. The fraction of sp³-hybridized carbons (Fsp3) is 0.636. The smallest absolute Gasteiger partial charge is 0.318 e. The molecule has 1 aromatic rings. The number of carbonyl (C=O) groups excluding carboxylic acids is 2. The van der Waals surface area contributed by atoms with Crippen molar-refractivity contribution in [3.05, 3.63) is 35.9 Å². The topological polar surface area (TPSA) is 61.4 Å². The normalized spacial score (nSPS) is 37.2. The van der Waals surface area contributed by atoms with Crippen molar-refractivity contribution < 1.29 is 9.59 Å². The second kappa shape index (κ2) is 6.54. The highest BCUT2D eigenvalue weighted by Crippen LogP contribution is 2.55. The third-order valence-electron chi connectivity index (χ3n) is 7.16. The van der Waals surface area contributed by atoms with E-state index in [0.717, 1.165) is 43.4 Å². The quantitative estimate of drug-likeness (QED) is 0.863. The molecule has 0 aromatic heterocycles. The van der Waals surface area contributed by atoms with Gasteiger partial charge in [-0.15, -0.1) is 0 Å². The number of nitrogens with one attached hydrogen (secondary N) is 2. The Kier molecular flexibility index (Phi) is 4.14. The molecule has 5 aliphatic rings. The molecule has 0 radical (unpaired) electrons. The lowest BCUT2D eigenvalue weighted by Crippen LogP contribution is -2.65. The zero-order valence-electron chi connectivity index (χ0n) is 15.8. The molecule has 0 unspecified atom stereocenters. The van der Waals surface area contributed by atoms with Crippen LogP contribution in [0.1, 0.15) is 44.1 Å². The number of amides is 3. The van der Waals surface area contributed by atoms with Crippen LogP contribution in [0.3, 0.4) is 0 Å². The van der Waals surface area contributed by atoms with E-state index in [2.05, 4.69) is 22.8 Å². The van der Waals surface area contributed by atoms with Gasteiger partial charge in [0.15, 0.2) is 0 Å². The molecule has 6 rings (SSSR count). The molecule has 4 saturated carbocycles. The SMILES string of the molecule is O=C1CN(C(=O)NC23CC4CC(CC(C4)C2)C3)C[C@H](Cc2ccccc2)N1. The first kappa shape index (κ1) is 17.1. The summed E-state index contributed by atoms with van der Waals surface area (Å²) in [6.45, 7) is 0.752. The van der Waals surface area contributed by atoms with Gasteiger partial charge in [0.1, 0.15) is 6.54 Å². The second-order valence-corrected chi connectivity index (χ2v) is 9.46. The molecule has 1 atom stereocenters. The zero-order valence-corrected chi connectivity index (χ0v) is 15.8. The molecule has 1 saturated heterocycles. The van der Waals surface area contributed by atoms with E-state index in [1.165, 1.54) is 24.8 Å². The minimum Gasteiger partial charge on any atom is -0.350 e. The largest absolute Gasteiger partial charge is 0.350 e. The van der Waals surface area contributed by atoms with Crippen LogP contribution in [0.15, 0.2) is 30.3 Å². The van der Waals surface area contributed by atoms with Gasteiger partial charge in [-0.1, -0.05) is 30.3 Å². The Morgan fingerprint density at radius 1 is 1.07 bits per heavy atom. The number of benzene rings is 1. The lowest BCUT2D eigenvalue weighted by Gasteiger charge is -2.57. The van der Waals surface area contributed by atoms with Crippen LogP contribution in [0.5, 0.6) is 0 Å². The van der Waals surface area contributed by atoms with E-state index >= 15 is 0 Å². The van der Waals surface area contributed by atoms with Crippen LogP contribution in [0.4, 0.5) is 4.79 Å². The minimum absolute atomic E-state index is 0.00527. The van der Waals surface area contributed by atoms with Crippen LogP contribution in [0.25, 0.3) is 0 Å². The number of rotatable bonds is 3. The molecule has 3 amide bonds. The number of hydrogen-bond donors (Lipinski definition) is 2. The van der Waals surface area contributed by atoms with Crippen molar-refractivity contribution in [1.29, 1.82) is 0 Å². The van der Waals surface area contributed by atoms with Gasteiger partial charge < -0.3 is 15.5 Å². The molecule has 4 aliphatic carbocycles. The summed E-state index contributed by atoms with van der Waals surface area (Å²) in [5.74, 6) is 2.34. The third kappa shape index (κ3) is 3.44. The summed E-state index contributed by atoms with van der Waals surface area (Å²) in [6, 6.07) is 10.1. The van der Waals surface area contributed by atoms with Gasteiger partial charge in [-0.2, -0.15) is 0 Å². The molecule has 1 aliphatic heterocycles. The number of piperazine rings is 1. The molecule has 5 nitrogen and oxygen atoms in total. The zero-order chi connectivity index (χ0) is 18.4. The number of carbonyl (C=O) groups is 2. The average Bonchev–Trinajstić information content (AvgIpc) is 2.60. The number of urea groups is 1. The van der Waals surface area contributed by atoms with Gasteiger partial charge in [0.05, 0.1) is 6.04 Å². The second-order valence-electron chi connectivity index (χ2n) is 9.46. The summed E-state index contributed by atoms with van der Waals surface area (Å²) in [7, 11) is 0. The first-order chi connectivity index (χ1) is 13.1. The molecule has 2 N–H and O–H groups in total. The van der Waals surface area contributed by atoms with E-state index < -0.39 is 0 Å². The van der Waals surface area contributed by atoms with Crippen molar-refractivity contribution in [3.8, 4) is 0 Å². The average molecular weight is 367 g/mol. The molecule has 144 valence electrons. The van der Waals surface area contributed by atoms with Gasteiger partial charge in [0.25, 0.3) is 0 Å². The Bertz CT molecular complexity index is 697. The molecule has 5 fully saturated rings. The van der Waals surface area contributed by atoms with Crippen LogP contribution in [-0.2, 0) is 11.2 Å². The fourth-order valence-corrected chi connectivity index (χ4v) is 6.56. The van der Waals surface area contributed by atoms with E-state index in [1.807, 2.05) is 18.2 Å². The van der Waals surface area contributed by atoms with Crippen molar-refractivity contribution in [1.82, 2.24) is 15.5 Å². The molecule has 1 heterocycles. The maximum atomic E-state index is 13.1. The van der Waals surface area contributed by atoms with Gasteiger partial charge in [-0.05, 0) is 68.3 Å². The Labute approximate surface area is 160 Å². The standard InChI is InChI=1S/C22H29N3O2/c26-20-14-25(13-19(23-20)9-15-4-2-1-3-5-15)21(27)24-22-10-16-6-17(11-22)8-18(7-16)12-22/h1-5,16-19H,6-14H2,(H,23,26)(H,24,27)/t16?,17?,18?,19-,22?/m0/s1. The summed E-state index contributed by atoms with van der Waals surface area (Å²) < 4.78 is 0. The van der Waals surface area contributed by atoms with E-state index in [0.29, 0.717) is 6.54 Å². The summed E-state index contributed by atoms with van der Waals surface area (Å²) in [6.07, 6.45) is 8.25. The maximum absolute atomic E-state index is 13.1. The Hall–Kier alpha value is -2.04. The van der Waals surface area contributed by atoms with Crippen LogP contribution >= 0.6 is 0 Å². The van der Waals surface area contributed by atoms with Crippen molar-refractivity contribution in [2.45, 2.75) is 56.5 Å². The van der Waals surface area contributed by atoms with Gasteiger partial charge >= 0.3 is 6.03 Å². The van der Waals surface area contributed by atoms with Crippen molar-refractivity contribution in [3.63, 3.8) is 0 Å². The van der Waals surface area contributed by atoms with Crippen molar-refractivity contribution in [2.24, 2.45) is 17.8 Å². The van der Waals surface area contributed by atoms with Crippen LogP contribution in [-0.4, -0.2) is 41.5 Å². The highest BCUT2D eigenvalue weighted by molar-refractivity contribution is 5.85. The van der Waals surface area contributed by atoms with E-state index in [-0.39, 0.29) is 30.1 Å². The molecule has 27 heavy (non-hydrogen) atoms. The molecule has 0 spiro atoms. The highest BCUT2D eigenvalue weighted by atomic mass is 16.2. The van der Waals surface area contributed by atoms with Gasteiger partial charge in [0, 0.05) is 12.1 Å².